The van der Waals surface area contributed by atoms with Gasteiger partial charge in [0.1, 0.15) is 0 Å². The number of nitrogens with zero attached hydrogens (tertiary/aromatic N) is 1. The Morgan fingerprint density at radius 3 is 2.14 bits per heavy atom. The van der Waals surface area contributed by atoms with Crippen molar-refractivity contribution < 1.29 is 0 Å². The lowest BCUT2D eigenvalue weighted by Crippen LogP contribution is -2.03. The van der Waals surface area contributed by atoms with Crippen molar-refractivity contribution in [2.24, 2.45) is 0 Å². The molecule has 21 heavy (non-hydrogen) atoms. The van der Waals surface area contributed by atoms with Crippen LogP contribution in [0.4, 0.5) is 0 Å². The van der Waals surface area contributed by atoms with E-state index in [-0.39, 0.29) is 0 Å². The predicted molar refractivity (Wildman–Crippen MR) is 90.1 cm³/mol. The van der Waals surface area contributed by atoms with E-state index < -0.39 is 0 Å². The summed E-state index contributed by atoms with van der Waals surface area (Å²) in [6.07, 6.45) is 4.35. The van der Waals surface area contributed by atoms with E-state index in [4.69, 9.17) is 0 Å². The molecule has 0 aliphatic heterocycles. The first-order chi connectivity index (χ1) is 10.3. The molecule has 0 saturated carbocycles. The molecule has 0 fully saturated rings. The maximum Gasteiger partial charge on any atom is 0.0478 e. The first kappa shape index (κ1) is 13.4. The van der Waals surface area contributed by atoms with Gasteiger partial charge in [-0.2, -0.15) is 0 Å². The zero-order valence-corrected chi connectivity index (χ0v) is 12.2. The van der Waals surface area contributed by atoms with E-state index in [1.807, 2.05) is 6.07 Å². The molecule has 0 atom stereocenters. The minimum Gasteiger partial charge on any atom is -0.341 e. The highest BCUT2D eigenvalue weighted by molar-refractivity contribution is 5.68. The van der Waals surface area contributed by atoms with Gasteiger partial charge in [-0.25, -0.2) is 0 Å². The highest BCUT2D eigenvalue weighted by Gasteiger charge is 2.03. The minimum absolute atomic E-state index is 0.911. The van der Waals surface area contributed by atoms with Crippen LogP contribution in [0.3, 0.4) is 0 Å². The van der Waals surface area contributed by atoms with Crippen LogP contribution in [0.5, 0.6) is 0 Å². The normalized spacial score (nSPS) is 11.1. The van der Waals surface area contributed by atoms with Crippen molar-refractivity contribution in [1.82, 2.24) is 4.57 Å². The van der Waals surface area contributed by atoms with Crippen molar-refractivity contribution in [3.8, 4) is 0 Å². The average Bonchev–Trinajstić information content (AvgIpc) is 2.88. The summed E-state index contributed by atoms with van der Waals surface area (Å²) in [4.78, 5) is 0. The van der Waals surface area contributed by atoms with Crippen molar-refractivity contribution in [2.75, 3.05) is 0 Å². The Morgan fingerprint density at radius 1 is 0.762 bits per heavy atom. The van der Waals surface area contributed by atoms with E-state index in [1.54, 1.807) is 0 Å². The largest absolute Gasteiger partial charge is 0.341 e. The lowest BCUT2D eigenvalue weighted by atomic mass is 10.2. The van der Waals surface area contributed by atoms with E-state index in [0.717, 1.165) is 6.54 Å². The topological polar surface area (TPSA) is 4.93 Å². The van der Waals surface area contributed by atoms with Gasteiger partial charge in [0, 0.05) is 17.9 Å². The molecule has 0 spiro atoms. The van der Waals surface area contributed by atoms with Crippen LogP contribution in [-0.4, -0.2) is 4.57 Å². The maximum atomic E-state index is 2.34. The Balaban J connectivity index is 1.85. The van der Waals surface area contributed by atoms with Gasteiger partial charge in [-0.05, 0) is 36.3 Å². The van der Waals surface area contributed by atoms with E-state index >= 15 is 0 Å². The Bertz CT molecular complexity index is 721. The molecule has 104 valence electrons. The fourth-order valence-corrected chi connectivity index (χ4v) is 2.46. The number of aromatic nitrogens is 1. The molecule has 0 N–H and O–H groups in total. The molecular weight excluding hydrogens is 254 g/mol. The highest BCUT2D eigenvalue weighted by Crippen LogP contribution is 2.15. The molecule has 0 amide bonds. The summed E-state index contributed by atoms with van der Waals surface area (Å²) in [6, 6.07) is 25.3. The summed E-state index contributed by atoms with van der Waals surface area (Å²) >= 11 is 0. The molecule has 0 aliphatic carbocycles. The fourth-order valence-electron chi connectivity index (χ4n) is 2.46. The second-order valence-corrected chi connectivity index (χ2v) is 5.22. The summed E-state index contributed by atoms with van der Waals surface area (Å²) in [7, 11) is 0. The van der Waals surface area contributed by atoms with Crippen molar-refractivity contribution >= 4 is 12.2 Å². The zero-order valence-electron chi connectivity index (χ0n) is 12.2. The quantitative estimate of drug-likeness (QED) is 0.629. The molecule has 1 aromatic heterocycles. The number of rotatable bonds is 4. The maximum absolute atomic E-state index is 2.34. The van der Waals surface area contributed by atoms with Crippen molar-refractivity contribution in [1.29, 1.82) is 0 Å². The second-order valence-electron chi connectivity index (χ2n) is 5.22. The van der Waals surface area contributed by atoms with Crippen LogP contribution in [0.15, 0.2) is 72.8 Å². The van der Waals surface area contributed by atoms with Crippen LogP contribution < -0.4 is 0 Å². The van der Waals surface area contributed by atoms with Crippen LogP contribution >= 0.6 is 0 Å². The highest BCUT2D eigenvalue weighted by atomic mass is 15.0. The summed E-state index contributed by atoms with van der Waals surface area (Å²) < 4.78 is 2.34. The molecule has 1 heteroatoms. The lowest BCUT2D eigenvalue weighted by molar-refractivity contribution is 0.769. The standard InChI is InChI=1S/C20H19N/c1-17-12-14-20(15-13-18-8-4-2-5-9-18)21(17)16-19-10-6-3-7-11-19/h2-15H,16H2,1H3/b15-13+. The molecule has 0 saturated heterocycles. The van der Waals surface area contributed by atoms with E-state index in [1.165, 1.54) is 22.5 Å². The first-order valence-electron chi connectivity index (χ1n) is 7.26. The molecular formula is C20H19N. The number of hydrogen-bond acceptors (Lipinski definition) is 0. The molecule has 1 nitrogen and oxygen atoms in total. The molecule has 3 aromatic rings. The molecule has 0 radical (unpaired) electrons. The Labute approximate surface area is 126 Å². The summed E-state index contributed by atoms with van der Waals surface area (Å²) in [5.74, 6) is 0. The summed E-state index contributed by atoms with van der Waals surface area (Å²) in [5.41, 5.74) is 5.07. The third-order valence-corrected chi connectivity index (χ3v) is 3.66. The Kier molecular flexibility index (Phi) is 4.02. The average molecular weight is 273 g/mol. The fraction of sp³-hybridized carbons (Fsp3) is 0.100. The third kappa shape index (κ3) is 3.32. The van der Waals surface area contributed by atoms with Crippen molar-refractivity contribution in [3.63, 3.8) is 0 Å². The van der Waals surface area contributed by atoms with Crippen LogP contribution in [0, 0.1) is 6.92 Å². The van der Waals surface area contributed by atoms with Gasteiger partial charge >= 0.3 is 0 Å². The first-order valence-corrected chi connectivity index (χ1v) is 7.26. The summed E-state index contributed by atoms with van der Waals surface area (Å²) in [5, 5.41) is 0. The van der Waals surface area contributed by atoms with Crippen molar-refractivity contribution in [3.05, 3.63) is 95.3 Å². The number of aryl methyl sites for hydroxylation is 1. The summed E-state index contributed by atoms with van der Waals surface area (Å²) in [6.45, 7) is 3.07. The minimum atomic E-state index is 0.911. The monoisotopic (exact) mass is 273 g/mol. The second kappa shape index (κ2) is 6.27. The van der Waals surface area contributed by atoms with E-state index in [0.29, 0.717) is 0 Å². The molecule has 2 aromatic carbocycles. The van der Waals surface area contributed by atoms with Crippen LogP contribution in [0.2, 0.25) is 0 Å². The van der Waals surface area contributed by atoms with Gasteiger partial charge < -0.3 is 4.57 Å². The predicted octanol–water partition coefficient (Wildman–Crippen LogP) is 5.02. The molecule has 3 rings (SSSR count). The molecule has 1 heterocycles. The van der Waals surface area contributed by atoms with Gasteiger partial charge in [-0.1, -0.05) is 66.7 Å². The van der Waals surface area contributed by atoms with Crippen LogP contribution in [-0.2, 0) is 6.54 Å². The SMILES string of the molecule is Cc1ccc(/C=C/c2ccccc2)n1Cc1ccccc1. The van der Waals surface area contributed by atoms with Crippen molar-refractivity contribution in [2.45, 2.75) is 13.5 Å². The van der Waals surface area contributed by atoms with Gasteiger partial charge in [0.15, 0.2) is 0 Å². The van der Waals surface area contributed by atoms with Gasteiger partial charge in [-0.3, -0.25) is 0 Å². The van der Waals surface area contributed by atoms with E-state index in [2.05, 4.69) is 90.4 Å². The Morgan fingerprint density at radius 2 is 1.43 bits per heavy atom. The Hall–Kier alpha value is -2.54. The van der Waals surface area contributed by atoms with E-state index in [9.17, 15) is 0 Å². The smallest absolute Gasteiger partial charge is 0.0478 e. The van der Waals surface area contributed by atoms with Gasteiger partial charge in [0.25, 0.3) is 0 Å². The van der Waals surface area contributed by atoms with Crippen LogP contribution in [0.25, 0.3) is 12.2 Å². The molecule has 0 aliphatic rings. The number of hydrogen-bond donors (Lipinski definition) is 0. The van der Waals surface area contributed by atoms with Gasteiger partial charge in [0.05, 0.1) is 0 Å². The zero-order chi connectivity index (χ0) is 14.5. The van der Waals surface area contributed by atoms with Gasteiger partial charge in [-0.15, -0.1) is 0 Å². The molecule has 0 bridgehead atoms. The van der Waals surface area contributed by atoms with Gasteiger partial charge in [0.2, 0.25) is 0 Å². The lowest BCUT2D eigenvalue weighted by Gasteiger charge is -2.09. The number of benzene rings is 2. The molecule has 0 unspecified atom stereocenters. The third-order valence-electron chi connectivity index (χ3n) is 3.66. The van der Waals surface area contributed by atoms with Crippen LogP contribution in [0.1, 0.15) is 22.5 Å².